The Bertz CT molecular complexity index is 617. The van der Waals surface area contributed by atoms with Gasteiger partial charge in [0.05, 0.1) is 13.0 Å². The van der Waals surface area contributed by atoms with Gasteiger partial charge in [0.1, 0.15) is 0 Å². The Morgan fingerprint density at radius 2 is 1.81 bits per heavy atom. The van der Waals surface area contributed by atoms with E-state index < -0.39 is 12.6 Å². The van der Waals surface area contributed by atoms with Crippen LogP contribution in [-0.4, -0.2) is 48.8 Å². The van der Waals surface area contributed by atoms with Crippen LogP contribution in [-0.2, 0) is 13.0 Å². The molecule has 0 bridgehead atoms. The summed E-state index contributed by atoms with van der Waals surface area (Å²) < 4.78 is 37.0. The van der Waals surface area contributed by atoms with Crippen LogP contribution in [0.1, 0.15) is 38.3 Å². The highest BCUT2D eigenvalue weighted by Gasteiger charge is 2.30. The second-order valence-corrected chi connectivity index (χ2v) is 7.24. The highest BCUT2D eigenvalue weighted by Crippen LogP contribution is 2.25. The smallest absolute Gasteiger partial charge is 0.357 e. The fourth-order valence-electron chi connectivity index (χ4n) is 3.05. The fraction of sp³-hybridized carbons (Fsp3) is 0.632. The van der Waals surface area contributed by atoms with Crippen molar-refractivity contribution in [2.75, 3.05) is 26.2 Å². The number of rotatable bonds is 6. The Morgan fingerprint density at radius 3 is 2.44 bits per heavy atom. The quantitative estimate of drug-likeness (QED) is 0.355. The molecular formula is C19H30F3IN4. The van der Waals surface area contributed by atoms with Crippen LogP contribution >= 0.6 is 24.0 Å². The van der Waals surface area contributed by atoms with E-state index in [0.29, 0.717) is 19.0 Å². The van der Waals surface area contributed by atoms with E-state index in [4.69, 9.17) is 0 Å². The Kier molecular flexibility index (Phi) is 9.33. The molecule has 0 radical (unpaired) electrons. The van der Waals surface area contributed by atoms with Gasteiger partial charge in [-0.2, -0.15) is 13.2 Å². The first kappa shape index (κ1) is 24.0. The molecule has 0 unspecified atom stereocenters. The van der Waals surface area contributed by atoms with Gasteiger partial charge in [0.15, 0.2) is 5.96 Å². The van der Waals surface area contributed by atoms with E-state index in [1.165, 1.54) is 11.1 Å². The molecule has 0 fully saturated rings. The number of hydrogen-bond acceptors (Lipinski definition) is 2. The Labute approximate surface area is 177 Å². The number of alkyl halides is 3. The van der Waals surface area contributed by atoms with E-state index in [0.717, 1.165) is 19.5 Å². The normalized spacial score (nSPS) is 15.7. The third-order valence-electron chi connectivity index (χ3n) is 4.66. The lowest BCUT2D eigenvalue weighted by Gasteiger charge is -2.40. The van der Waals surface area contributed by atoms with E-state index in [-0.39, 0.29) is 36.1 Å². The van der Waals surface area contributed by atoms with E-state index in [9.17, 15) is 13.2 Å². The van der Waals surface area contributed by atoms with Gasteiger partial charge in [0.2, 0.25) is 0 Å². The second-order valence-electron chi connectivity index (χ2n) is 7.24. The number of nitrogens with zero attached hydrogens (tertiary/aromatic N) is 2. The highest BCUT2D eigenvalue weighted by atomic mass is 127. The minimum atomic E-state index is -4.16. The van der Waals surface area contributed by atoms with Gasteiger partial charge in [-0.25, -0.2) is 0 Å². The third kappa shape index (κ3) is 7.85. The zero-order chi connectivity index (χ0) is 19.2. The predicted molar refractivity (Wildman–Crippen MR) is 115 cm³/mol. The molecule has 4 nitrogen and oxygen atoms in total. The third-order valence-corrected chi connectivity index (χ3v) is 4.66. The first-order chi connectivity index (χ1) is 12.2. The molecule has 0 spiro atoms. The second kappa shape index (κ2) is 10.5. The molecule has 0 aromatic heterocycles. The summed E-state index contributed by atoms with van der Waals surface area (Å²) in [6.07, 6.45) is -4.03. The summed E-state index contributed by atoms with van der Waals surface area (Å²) in [5.41, 5.74) is 2.55. The van der Waals surface area contributed by atoms with Gasteiger partial charge in [-0.15, -0.1) is 24.0 Å². The predicted octanol–water partition coefficient (Wildman–Crippen LogP) is 3.95. The van der Waals surface area contributed by atoms with E-state index in [2.05, 4.69) is 58.6 Å². The van der Waals surface area contributed by atoms with Crippen LogP contribution in [0.25, 0.3) is 0 Å². The van der Waals surface area contributed by atoms with Gasteiger partial charge in [0, 0.05) is 31.7 Å². The highest BCUT2D eigenvalue weighted by molar-refractivity contribution is 14.0. The van der Waals surface area contributed by atoms with Gasteiger partial charge in [0.25, 0.3) is 0 Å². The molecule has 0 amide bonds. The summed E-state index contributed by atoms with van der Waals surface area (Å²) in [4.78, 5) is 6.91. The van der Waals surface area contributed by atoms with Crippen molar-refractivity contribution in [2.24, 2.45) is 4.99 Å². The Morgan fingerprint density at radius 1 is 1.15 bits per heavy atom. The van der Waals surface area contributed by atoms with Gasteiger partial charge in [-0.3, -0.25) is 9.89 Å². The molecule has 154 valence electrons. The lowest BCUT2D eigenvalue weighted by molar-refractivity contribution is -0.132. The lowest BCUT2D eigenvalue weighted by atomic mass is 9.94. The maximum absolute atomic E-state index is 12.3. The maximum atomic E-state index is 12.3. The molecule has 1 aliphatic rings. The van der Waals surface area contributed by atoms with E-state index >= 15 is 0 Å². The molecule has 0 aliphatic carbocycles. The summed E-state index contributed by atoms with van der Waals surface area (Å²) >= 11 is 0. The summed E-state index contributed by atoms with van der Waals surface area (Å²) in [7, 11) is 0. The number of aliphatic imine (C=N–C) groups is 1. The maximum Gasteiger partial charge on any atom is 0.390 e. The molecule has 27 heavy (non-hydrogen) atoms. The molecule has 1 aliphatic heterocycles. The van der Waals surface area contributed by atoms with Crippen molar-refractivity contribution in [2.45, 2.75) is 51.9 Å². The standard InChI is InChI=1S/C19H29F3N4.HI/c1-4-23-17(24-11-10-19(20,21)22)25-14-18(2,3)26-12-9-15-7-5-6-8-16(15)13-26;/h5-8H,4,9-14H2,1-3H3,(H2,23,24,25);1H. The van der Waals surface area contributed by atoms with Gasteiger partial charge >= 0.3 is 6.18 Å². The molecule has 0 saturated carbocycles. The van der Waals surface area contributed by atoms with E-state index in [1.807, 2.05) is 6.92 Å². The van der Waals surface area contributed by atoms with Crippen molar-refractivity contribution in [1.82, 2.24) is 15.5 Å². The van der Waals surface area contributed by atoms with Crippen LogP contribution < -0.4 is 10.6 Å². The lowest BCUT2D eigenvalue weighted by Crippen LogP contribution is -2.49. The van der Waals surface area contributed by atoms with Gasteiger partial charge in [-0.1, -0.05) is 24.3 Å². The molecule has 2 N–H and O–H groups in total. The minimum absolute atomic E-state index is 0. The fourth-order valence-corrected chi connectivity index (χ4v) is 3.05. The first-order valence-corrected chi connectivity index (χ1v) is 9.12. The number of nitrogens with one attached hydrogen (secondary N) is 2. The molecule has 1 aromatic rings. The van der Waals surface area contributed by atoms with Crippen LogP contribution in [0.2, 0.25) is 0 Å². The molecular weight excluding hydrogens is 468 g/mol. The molecule has 0 saturated heterocycles. The van der Waals surface area contributed by atoms with Gasteiger partial charge < -0.3 is 10.6 Å². The molecule has 2 rings (SSSR count). The molecule has 8 heteroatoms. The van der Waals surface area contributed by atoms with Crippen molar-refractivity contribution in [3.05, 3.63) is 35.4 Å². The zero-order valence-corrected chi connectivity index (χ0v) is 18.5. The summed E-state index contributed by atoms with van der Waals surface area (Å²) in [6.45, 7) is 8.92. The van der Waals surface area contributed by atoms with Gasteiger partial charge in [-0.05, 0) is 38.3 Å². The van der Waals surface area contributed by atoms with Crippen LogP contribution in [0.5, 0.6) is 0 Å². The van der Waals surface area contributed by atoms with Crippen LogP contribution in [0.4, 0.5) is 13.2 Å². The number of fused-ring (bicyclic) bond motifs is 1. The average molecular weight is 498 g/mol. The van der Waals surface area contributed by atoms with Crippen molar-refractivity contribution in [3.8, 4) is 0 Å². The SMILES string of the molecule is CCNC(=NCC(C)(C)N1CCc2ccccc2C1)NCCC(F)(F)F.I. The van der Waals surface area contributed by atoms with Crippen molar-refractivity contribution >= 4 is 29.9 Å². The number of halogens is 4. The van der Waals surface area contributed by atoms with Crippen LogP contribution in [0, 0.1) is 0 Å². The topological polar surface area (TPSA) is 39.7 Å². The minimum Gasteiger partial charge on any atom is -0.357 e. The largest absolute Gasteiger partial charge is 0.390 e. The summed E-state index contributed by atoms with van der Waals surface area (Å²) in [6, 6.07) is 8.45. The van der Waals surface area contributed by atoms with Crippen LogP contribution in [0.15, 0.2) is 29.3 Å². The average Bonchev–Trinajstić information content (AvgIpc) is 2.58. The van der Waals surface area contributed by atoms with Crippen LogP contribution in [0.3, 0.4) is 0 Å². The van der Waals surface area contributed by atoms with E-state index in [1.54, 1.807) is 0 Å². The Balaban J connectivity index is 0.00000364. The number of guanidine groups is 1. The number of hydrogen-bond donors (Lipinski definition) is 2. The zero-order valence-electron chi connectivity index (χ0n) is 16.2. The monoisotopic (exact) mass is 498 g/mol. The summed E-state index contributed by atoms with van der Waals surface area (Å²) in [5.74, 6) is 0.433. The molecule has 1 aromatic carbocycles. The van der Waals surface area contributed by atoms with Crippen molar-refractivity contribution in [3.63, 3.8) is 0 Å². The van der Waals surface area contributed by atoms with Crippen molar-refractivity contribution in [1.29, 1.82) is 0 Å². The summed E-state index contributed by atoms with van der Waals surface area (Å²) in [5, 5.41) is 5.78. The first-order valence-electron chi connectivity index (χ1n) is 9.12. The molecule has 0 atom stereocenters. The molecule has 1 heterocycles. The van der Waals surface area contributed by atoms with Crippen molar-refractivity contribution < 1.29 is 13.2 Å². The number of benzene rings is 1. The Hall–Kier alpha value is -1.03.